The Bertz CT molecular complexity index is 108. The highest BCUT2D eigenvalue weighted by molar-refractivity contribution is 7.98. The lowest BCUT2D eigenvalue weighted by atomic mass is 9.84. The van der Waals surface area contributed by atoms with Crippen molar-refractivity contribution in [2.24, 2.45) is 5.92 Å². The van der Waals surface area contributed by atoms with Crippen molar-refractivity contribution in [1.82, 2.24) is 5.32 Å². The first-order valence-electron chi connectivity index (χ1n) is 5.04. The van der Waals surface area contributed by atoms with E-state index in [1.165, 1.54) is 37.9 Å². The first kappa shape index (κ1) is 10.4. The molecule has 1 rings (SSSR count). The monoisotopic (exact) mass is 187 g/mol. The van der Waals surface area contributed by atoms with Crippen LogP contribution in [0.3, 0.4) is 0 Å². The molecule has 1 N–H and O–H groups in total. The standard InChI is InChI=1S/C10H21NS/c1-11-10(8-12-2)9-6-4-3-5-7-9/h9-11H,3-8H2,1-2H3. The third-order valence-corrected chi connectivity index (χ3v) is 3.63. The summed E-state index contributed by atoms with van der Waals surface area (Å²) in [5.74, 6) is 2.23. The third kappa shape index (κ3) is 2.98. The minimum atomic E-state index is 0.764. The summed E-state index contributed by atoms with van der Waals surface area (Å²) in [5, 5.41) is 3.45. The van der Waals surface area contributed by atoms with Crippen LogP contribution >= 0.6 is 11.8 Å². The maximum absolute atomic E-state index is 3.45. The molecular weight excluding hydrogens is 166 g/mol. The van der Waals surface area contributed by atoms with E-state index in [0.29, 0.717) is 0 Å². The minimum Gasteiger partial charge on any atom is -0.316 e. The second-order valence-electron chi connectivity index (χ2n) is 3.75. The summed E-state index contributed by atoms with van der Waals surface area (Å²) in [5.41, 5.74) is 0. The first-order valence-corrected chi connectivity index (χ1v) is 6.44. The van der Waals surface area contributed by atoms with Crippen molar-refractivity contribution in [3.05, 3.63) is 0 Å². The van der Waals surface area contributed by atoms with Crippen molar-refractivity contribution in [3.8, 4) is 0 Å². The fraction of sp³-hybridized carbons (Fsp3) is 1.00. The number of hydrogen-bond acceptors (Lipinski definition) is 2. The molecular formula is C10H21NS. The van der Waals surface area contributed by atoms with Crippen LogP contribution < -0.4 is 5.32 Å². The number of nitrogens with one attached hydrogen (secondary N) is 1. The van der Waals surface area contributed by atoms with Gasteiger partial charge < -0.3 is 5.32 Å². The van der Waals surface area contributed by atoms with Crippen LogP contribution in [-0.2, 0) is 0 Å². The molecule has 0 spiro atoms. The Labute approximate surface area is 80.7 Å². The molecule has 0 aromatic rings. The van der Waals surface area contributed by atoms with Gasteiger partial charge in [-0.3, -0.25) is 0 Å². The average Bonchev–Trinajstić information content (AvgIpc) is 2.15. The van der Waals surface area contributed by atoms with Crippen molar-refractivity contribution in [1.29, 1.82) is 0 Å². The Hall–Kier alpha value is 0.310. The molecule has 0 saturated heterocycles. The molecule has 0 bridgehead atoms. The Kier molecular flexibility index (Phi) is 5.08. The lowest BCUT2D eigenvalue weighted by molar-refractivity contribution is 0.295. The van der Waals surface area contributed by atoms with Crippen LogP contribution in [0.1, 0.15) is 32.1 Å². The van der Waals surface area contributed by atoms with E-state index in [2.05, 4.69) is 18.6 Å². The van der Waals surface area contributed by atoms with Gasteiger partial charge in [-0.2, -0.15) is 11.8 Å². The zero-order valence-electron chi connectivity index (χ0n) is 8.31. The van der Waals surface area contributed by atoms with E-state index in [1.807, 2.05) is 11.8 Å². The molecule has 1 unspecified atom stereocenters. The molecule has 0 aliphatic heterocycles. The zero-order chi connectivity index (χ0) is 8.81. The quantitative estimate of drug-likeness (QED) is 0.726. The van der Waals surface area contributed by atoms with Gasteiger partial charge >= 0.3 is 0 Å². The molecule has 1 atom stereocenters. The molecule has 1 fully saturated rings. The maximum Gasteiger partial charge on any atom is 0.0183 e. The van der Waals surface area contributed by atoms with Crippen LogP contribution in [0.5, 0.6) is 0 Å². The molecule has 2 heteroatoms. The molecule has 1 aliphatic rings. The zero-order valence-corrected chi connectivity index (χ0v) is 9.12. The first-order chi connectivity index (χ1) is 5.88. The van der Waals surface area contributed by atoms with Crippen molar-refractivity contribution in [2.75, 3.05) is 19.1 Å². The van der Waals surface area contributed by atoms with Gasteiger partial charge in [-0.1, -0.05) is 19.3 Å². The molecule has 72 valence electrons. The molecule has 1 nitrogen and oxygen atoms in total. The van der Waals surface area contributed by atoms with E-state index in [4.69, 9.17) is 0 Å². The van der Waals surface area contributed by atoms with Crippen LogP contribution in [0, 0.1) is 5.92 Å². The molecule has 1 aliphatic carbocycles. The van der Waals surface area contributed by atoms with Gasteiger partial charge in [-0.05, 0) is 32.1 Å². The third-order valence-electron chi connectivity index (χ3n) is 2.94. The molecule has 0 radical (unpaired) electrons. The Morgan fingerprint density at radius 3 is 2.50 bits per heavy atom. The van der Waals surface area contributed by atoms with E-state index in [0.717, 1.165) is 12.0 Å². The van der Waals surface area contributed by atoms with Gasteiger partial charge in [0.05, 0.1) is 0 Å². The largest absolute Gasteiger partial charge is 0.316 e. The van der Waals surface area contributed by atoms with E-state index in [9.17, 15) is 0 Å². The van der Waals surface area contributed by atoms with Gasteiger partial charge in [-0.15, -0.1) is 0 Å². The molecule has 0 amide bonds. The minimum absolute atomic E-state index is 0.764. The highest BCUT2D eigenvalue weighted by Crippen LogP contribution is 2.27. The Morgan fingerprint density at radius 2 is 2.00 bits per heavy atom. The fourth-order valence-corrected chi connectivity index (χ4v) is 2.97. The van der Waals surface area contributed by atoms with E-state index in [1.54, 1.807) is 0 Å². The summed E-state index contributed by atoms with van der Waals surface area (Å²) in [6.07, 6.45) is 9.48. The van der Waals surface area contributed by atoms with Gasteiger partial charge in [0.2, 0.25) is 0 Å². The van der Waals surface area contributed by atoms with Crippen LogP contribution in [0.2, 0.25) is 0 Å². The predicted octanol–water partition coefficient (Wildman–Crippen LogP) is 2.52. The Morgan fingerprint density at radius 1 is 1.33 bits per heavy atom. The smallest absolute Gasteiger partial charge is 0.0183 e. The highest BCUT2D eigenvalue weighted by atomic mass is 32.2. The maximum atomic E-state index is 3.45. The summed E-state index contributed by atoms with van der Waals surface area (Å²) in [4.78, 5) is 0. The predicted molar refractivity (Wildman–Crippen MR) is 57.8 cm³/mol. The van der Waals surface area contributed by atoms with Crippen molar-refractivity contribution < 1.29 is 0 Å². The summed E-state index contributed by atoms with van der Waals surface area (Å²) in [6, 6.07) is 0.764. The lowest BCUT2D eigenvalue weighted by Crippen LogP contribution is -2.36. The molecule has 12 heavy (non-hydrogen) atoms. The van der Waals surface area contributed by atoms with Gasteiger partial charge in [0.1, 0.15) is 0 Å². The van der Waals surface area contributed by atoms with Gasteiger partial charge in [0.15, 0.2) is 0 Å². The second-order valence-corrected chi connectivity index (χ2v) is 4.66. The van der Waals surface area contributed by atoms with Gasteiger partial charge in [0.25, 0.3) is 0 Å². The second kappa shape index (κ2) is 5.87. The van der Waals surface area contributed by atoms with Crippen molar-refractivity contribution >= 4 is 11.8 Å². The van der Waals surface area contributed by atoms with Crippen molar-refractivity contribution in [3.63, 3.8) is 0 Å². The lowest BCUT2D eigenvalue weighted by Gasteiger charge is -2.29. The molecule has 1 saturated carbocycles. The molecule has 0 aromatic heterocycles. The summed E-state index contributed by atoms with van der Waals surface area (Å²) in [6.45, 7) is 0. The van der Waals surface area contributed by atoms with Crippen LogP contribution in [-0.4, -0.2) is 25.1 Å². The number of thioether (sulfide) groups is 1. The number of hydrogen-bond donors (Lipinski definition) is 1. The van der Waals surface area contributed by atoms with E-state index >= 15 is 0 Å². The topological polar surface area (TPSA) is 12.0 Å². The molecule has 0 heterocycles. The van der Waals surface area contributed by atoms with Crippen LogP contribution in [0.15, 0.2) is 0 Å². The SMILES string of the molecule is CNC(CSC)C1CCCCC1. The summed E-state index contributed by atoms with van der Waals surface area (Å²) >= 11 is 1.97. The van der Waals surface area contributed by atoms with E-state index < -0.39 is 0 Å². The normalized spacial score (nSPS) is 22.5. The molecule has 0 aromatic carbocycles. The summed E-state index contributed by atoms with van der Waals surface area (Å²) < 4.78 is 0. The fourth-order valence-electron chi connectivity index (χ4n) is 2.17. The van der Waals surface area contributed by atoms with Gasteiger partial charge in [-0.25, -0.2) is 0 Å². The number of rotatable bonds is 4. The highest BCUT2D eigenvalue weighted by Gasteiger charge is 2.21. The van der Waals surface area contributed by atoms with Crippen molar-refractivity contribution in [2.45, 2.75) is 38.1 Å². The van der Waals surface area contributed by atoms with Crippen LogP contribution in [0.4, 0.5) is 0 Å². The van der Waals surface area contributed by atoms with Gasteiger partial charge in [0, 0.05) is 11.8 Å². The Balaban J connectivity index is 2.29. The average molecular weight is 187 g/mol. The summed E-state index contributed by atoms with van der Waals surface area (Å²) in [7, 11) is 2.11. The van der Waals surface area contributed by atoms with E-state index in [-0.39, 0.29) is 0 Å². The van der Waals surface area contributed by atoms with Crippen LogP contribution in [0.25, 0.3) is 0 Å².